The highest BCUT2D eigenvalue weighted by atomic mass is 35.5. The molecule has 0 spiro atoms. The van der Waals surface area contributed by atoms with Gasteiger partial charge < -0.3 is 10.2 Å². The van der Waals surface area contributed by atoms with Gasteiger partial charge in [0.1, 0.15) is 9.09 Å². The van der Waals surface area contributed by atoms with Crippen LogP contribution in [0.15, 0.2) is 27.6 Å². The van der Waals surface area contributed by atoms with Crippen LogP contribution >= 0.6 is 46.3 Å². The van der Waals surface area contributed by atoms with E-state index < -0.39 is 4.92 Å². The summed E-state index contributed by atoms with van der Waals surface area (Å²) in [5.74, 6) is -0.292. The second-order valence-electron chi connectivity index (χ2n) is 6.95. The molecule has 1 fully saturated rings. The summed E-state index contributed by atoms with van der Waals surface area (Å²) < 4.78 is 0.352. The number of nitro groups is 1. The molecule has 29 heavy (non-hydrogen) atoms. The van der Waals surface area contributed by atoms with E-state index in [1.807, 2.05) is 0 Å². The van der Waals surface area contributed by atoms with Crippen molar-refractivity contribution in [3.05, 3.63) is 43.5 Å². The lowest BCUT2D eigenvalue weighted by molar-refractivity contribution is -0.387. The third-order valence-electron chi connectivity index (χ3n) is 4.70. The van der Waals surface area contributed by atoms with Crippen molar-refractivity contribution in [3.8, 4) is 0 Å². The third kappa shape index (κ3) is 5.40. The number of thiophene rings is 1. The Morgan fingerprint density at radius 2 is 1.97 bits per heavy atom. The molecule has 2 aromatic heterocycles. The fourth-order valence-electron chi connectivity index (χ4n) is 3.08. The first-order valence-electron chi connectivity index (χ1n) is 9.06. The normalized spacial score (nSPS) is 15.6. The number of hydrogen-bond donors (Lipinski definition) is 1. The molecule has 0 bridgehead atoms. The Morgan fingerprint density at radius 3 is 2.52 bits per heavy atom. The second kappa shape index (κ2) is 9.61. The zero-order chi connectivity index (χ0) is 21.1. The minimum absolute atomic E-state index is 0.0684. The molecule has 3 rings (SSSR count). The topological polar surface area (TPSA) is 88.4 Å². The van der Waals surface area contributed by atoms with Gasteiger partial charge >= 0.3 is 0 Å². The maximum absolute atomic E-state index is 12.7. The molecule has 1 amide bonds. The molecule has 0 atom stereocenters. The average Bonchev–Trinajstić information content (AvgIpc) is 3.10. The number of hydrogen-bond acceptors (Lipinski definition) is 7. The standard InChI is InChI=1S/C18H20Cl2N4O3S2/c1-10(2)23-5-3-11(4-6-23)22-17(25)15-7-14(24(26)27)18(28-15)29-16-12(19)8-21-9-13(16)20/h7-11H,3-6H2,1-2H3,(H,22,25). The number of halogens is 2. The van der Waals surface area contributed by atoms with E-state index >= 15 is 0 Å². The van der Waals surface area contributed by atoms with Crippen LogP contribution in [0.25, 0.3) is 0 Å². The van der Waals surface area contributed by atoms with Crippen molar-refractivity contribution in [3.63, 3.8) is 0 Å². The summed E-state index contributed by atoms with van der Waals surface area (Å²) in [6.45, 7) is 6.16. The van der Waals surface area contributed by atoms with Crippen molar-refractivity contribution < 1.29 is 9.72 Å². The van der Waals surface area contributed by atoms with Crippen molar-refractivity contribution in [1.82, 2.24) is 15.2 Å². The van der Waals surface area contributed by atoms with E-state index in [4.69, 9.17) is 23.2 Å². The molecule has 0 radical (unpaired) electrons. The molecule has 1 N–H and O–H groups in total. The van der Waals surface area contributed by atoms with Crippen molar-refractivity contribution in [1.29, 1.82) is 0 Å². The maximum atomic E-state index is 12.7. The number of amides is 1. The van der Waals surface area contributed by atoms with Crippen LogP contribution in [-0.2, 0) is 0 Å². The van der Waals surface area contributed by atoms with Crippen molar-refractivity contribution in [2.24, 2.45) is 0 Å². The Labute approximate surface area is 186 Å². The number of carbonyl (C=O) groups is 1. The second-order valence-corrected chi connectivity index (χ2v) is 10.1. The van der Waals surface area contributed by atoms with Crippen molar-refractivity contribution >= 4 is 57.9 Å². The highest BCUT2D eigenvalue weighted by Gasteiger charge is 2.27. The van der Waals surface area contributed by atoms with E-state index in [1.165, 1.54) is 18.5 Å². The predicted molar refractivity (Wildman–Crippen MR) is 117 cm³/mol. The number of aromatic nitrogens is 1. The average molecular weight is 475 g/mol. The third-order valence-corrected chi connectivity index (χ3v) is 7.95. The smallest absolute Gasteiger partial charge is 0.294 e. The lowest BCUT2D eigenvalue weighted by atomic mass is 10.0. The fraction of sp³-hybridized carbons (Fsp3) is 0.444. The van der Waals surface area contributed by atoms with Crippen molar-refractivity contribution in [2.75, 3.05) is 13.1 Å². The summed E-state index contributed by atoms with van der Waals surface area (Å²) >= 11 is 14.4. The largest absolute Gasteiger partial charge is 0.349 e. The maximum Gasteiger partial charge on any atom is 0.294 e. The highest BCUT2D eigenvalue weighted by Crippen LogP contribution is 2.45. The number of piperidine rings is 1. The van der Waals surface area contributed by atoms with Crippen LogP contribution in [-0.4, -0.2) is 45.9 Å². The summed E-state index contributed by atoms with van der Waals surface area (Å²) in [6, 6.07) is 1.87. The quantitative estimate of drug-likeness (QED) is 0.461. The van der Waals surface area contributed by atoms with Crippen LogP contribution in [0.5, 0.6) is 0 Å². The minimum atomic E-state index is -0.500. The van der Waals surface area contributed by atoms with Gasteiger partial charge in [0.25, 0.3) is 11.6 Å². The molecule has 11 heteroatoms. The van der Waals surface area contributed by atoms with Gasteiger partial charge in [-0.15, -0.1) is 11.3 Å². The van der Waals surface area contributed by atoms with E-state index in [-0.39, 0.29) is 17.6 Å². The minimum Gasteiger partial charge on any atom is -0.349 e. The molecule has 1 aliphatic rings. The Balaban J connectivity index is 1.74. The van der Waals surface area contributed by atoms with Crippen LogP contribution in [0.3, 0.4) is 0 Å². The van der Waals surface area contributed by atoms with Gasteiger partial charge in [-0.3, -0.25) is 19.9 Å². The summed E-state index contributed by atoms with van der Waals surface area (Å²) in [7, 11) is 0. The number of carbonyl (C=O) groups excluding carboxylic acids is 1. The first kappa shape index (κ1) is 22.3. The van der Waals surface area contributed by atoms with Crippen LogP contribution in [0.1, 0.15) is 36.4 Å². The first-order valence-corrected chi connectivity index (χ1v) is 11.4. The number of nitrogens with zero attached hydrogens (tertiary/aromatic N) is 3. The van der Waals surface area contributed by atoms with Gasteiger partial charge in [0.05, 0.1) is 19.9 Å². The van der Waals surface area contributed by atoms with Gasteiger partial charge in [-0.2, -0.15) is 0 Å². The number of nitrogens with one attached hydrogen (secondary N) is 1. The van der Waals surface area contributed by atoms with Crippen LogP contribution < -0.4 is 5.32 Å². The summed E-state index contributed by atoms with van der Waals surface area (Å²) in [5.41, 5.74) is -0.135. The van der Waals surface area contributed by atoms with Crippen LogP contribution in [0, 0.1) is 10.1 Å². The van der Waals surface area contributed by atoms with Gasteiger partial charge in [0.2, 0.25) is 0 Å². The molecule has 0 aliphatic carbocycles. The Bertz CT molecular complexity index is 894. The number of likely N-dealkylation sites (tertiary alicyclic amines) is 1. The Hall–Kier alpha value is -1.39. The first-order chi connectivity index (χ1) is 13.8. The summed E-state index contributed by atoms with van der Waals surface area (Å²) in [4.78, 5) is 30.7. The highest BCUT2D eigenvalue weighted by molar-refractivity contribution is 8.01. The molecule has 2 aromatic rings. The lowest BCUT2D eigenvalue weighted by Gasteiger charge is -2.34. The van der Waals surface area contributed by atoms with E-state index in [1.54, 1.807) is 0 Å². The summed E-state index contributed by atoms with van der Waals surface area (Å²) in [5, 5.41) is 15.1. The van der Waals surface area contributed by atoms with Gasteiger partial charge in [-0.05, 0) is 26.7 Å². The van der Waals surface area contributed by atoms with Gasteiger partial charge in [-0.1, -0.05) is 35.0 Å². The SMILES string of the molecule is CC(C)N1CCC(NC(=O)c2cc([N+](=O)[O-])c(Sc3c(Cl)cncc3Cl)s2)CC1. The monoisotopic (exact) mass is 474 g/mol. The van der Waals surface area contributed by atoms with E-state index in [0.29, 0.717) is 30.1 Å². The number of rotatable bonds is 6. The lowest BCUT2D eigenvalue weighted by Crippen LogP contribution is -2.46. The zero-order valence-corrected chi connectivity index (χ0v) is 19.0. The molecule has 1 saturated heterocycles. The van der Waals surface area contributed by atoms with E-state index in [9.17, 15) is 14.9 Å². The Kier molecular flexibility index (Phi) is 7.39. The predicted octanol–water partition coefficient (Wildman–Crippen LogP) is 5.11. The van der Waals surface area contributed by atoms with E-state index in [2.05, 4.69) is 29.0 Å². The van der Waals surface area contributed by atoms with E-state index in [0.717, 1.165) is 49.0 Å². The molecular formula is C18H20Cl2N4O3S2. The van der Waals surface area contributed by atoms with Gasteiger partial charge in [0, 0.05) is 43.6 Å². The summed E-state index contributed by atoms with van der Waals surface area (Å²) in [6.07, 6.45) is 4.57. The molecule has 0 aromatic carbocycles. The Morgan fingerprint density at radius 1 is 1.34 bits per heavy atom. The van der Waals surface area contributed by atoms with Gasteiger partial charge in [-0.25, -0.2) is 0 Å². The number of pyridine rings is 1. The van der Waals surface area contributed by atoms with Crippen LogP contribution in [0.2, 0.25) is 10.0 Å². The molecule has 1 aliphatic heterocycles. The molecule has 3 heterocycles. The fourth-order valence-corrected chi connectivity index (χ4v) is 5.85. The van der Waals surface area contributed by atoms with Crippen LogP contribution in [0.4, 0.5) is 5.69 Å². The van der Waals surface area contributed by atoms with Gasteiger partial charge in [0.15, 0.2) is 0 Å². The zero-order valence-electron chi connectivity index (χ0n) is 15.9. The molecular weight excluding hydrogens is 455 g/mol. The molecule has 156 valence electrons. The van der Waals surface area contributed by atoms with Crippen molar-refractivity contribution in [2.45, 2.75) is 47.9 Å². The molecule has 7 nitrogen and oxygen atoms in total. The molecule has 0 unspecified atom stereocenters. The molecule has 0 saturated carbocycles.